The number of aromatic amines is 1. The Bertz CT molecular complexity index is 1350. The predicted molar refractivity (Wildman–Crippen MR) is 132 cm³/mol. The van der Waals surface area contributed by atoms with E-state index < -0.39 is 4.92 Å². The minimum atomic E-state index is -0.453. The Hall–Kier alpha value is -3.74. The van der Waals surface area contributed by atoms with Crippen LogP contribution in [0.4, 0.5) is 11.4 Å². The molecule has 174 valence electrons. The van der Waals surface area contributed by atoms with Crippen LogP contribution in [0.25, 0.3) is 16.5 Å². The van der Waals surface area contributed by atoms with Crippen molar-refractivity contribution in [3.63, 3.8) is 0 Å². The van der Waals surface area contributed by atoms with Crippen LogP contribution in [0, 0.1) is 21.4 Å². The highest BCUT2D eigenvalue weighted by Gasteiger charge is 2.31. The number of aromatic nitrogens is 2. The molecule has 1 atom stereocenters. The van der Waals surface area contributed by atoms with Crippen molar-refractivity contribution in [3.8, 4) is 6.07 Å². The first-order chi connectivity index (χ1) is 16.0. The van der Waals surface area contributed by atoms with Crippen molar-refractivity contribution >= 4 is 40.3 Å². The summed E-state index contributed by atoms with van der Waals surface area (Å²) < 4.78 is 0. The van der Waals surface area contributed by atoms with Gasteiger partial charge >= 0.3 is 5.69 Å². The van der Waals surface area contributed by atoms with E-state index in [0.717, 1.165) is 43.9 Å². The van der Waals surface area contributed by atoms with E-state index in [-0.39, 0.29) is 46.3 Å². The fourth-order valence-corrected chi connectivity index (χ4v) is 4.80. The molecule has 3 heterocycles. The van der Waals surface area contributed by atoms with Gasteiger partial charge in [0.15, 0.2) is 5.52 Å². The zero-order valence-corrected chi connectivity index (χ0v) is 19.1. The Labute approximate surface area is 201 Å². The maximum atomic E-state index is 12.5. The molecule has 1 aliphatic carbocycles. The molecule has 0 amide bonds. The van der Waals surface area contributed by atoms with Crippen LogP contribution in [-0.4, -0.2) is 52.0 Å². The Kier molecular flexibility index (Phi) is 6.63. The van der Waals surface area contributed by atoms with Crippen LogP contribution in [0.2, 0.25) is 0 Å². The van der Waals surface area contributed by atoms with E-state index in [4.69, 9.17) is 5.26 Å². The molecular formula is C24H23ClN6O3. The standard InChI is InChI=1S/C24H22N6O3.ClH/c25-15-16-3-6-18(7-4-16)28-10-12-29(13-11-28)19-8-5-17(14-19)21-23(30(32)33)22-20(24(31)27-21)2-1-9-26-22;/h1-4,6-7,9,14,19H,5,8,10-13H2,(H,27,31);1H/t19-;/m1./s1. The molecule has 2 aromatic heterocycles. The van der Waals surface area contributed by atoms with E-state index in [9.17, 15) is 14.9 Å². The molecule has 1 aliphatic heterocycles. The number of allylic oxidation sites excluding steroid dienone is 1. The minimum Gasteiger partial charge on any atom is -0.369 e. The number of nitrogens with one attached hydrogen (secondary N) is 1. The summed E-state index contributed by atoms with van der Waals surface area (Å²) >= 11 is 0. The molecule has 3 aromatic rings. The number of benzene rings is 1. The first-order valence-corrected chi connectivity index (χ1v) is 10.9. The normalized spacial score (nSPS) is 18.3. The molecule has 34 heavy (non-hydrogen) atoms. The van der Waals surface area contributed by atoms with Gasteiger partial charge in [-0.1, -0.05) is 6.08 Å². The molecular weight excluding hydrogens is 456 g/mol. The van der Waals surface area contributed by atoms with E-state index in [1.165, 1.54) is 6.20 Å². The van der Waals surface area contributed by atoms with Crippen molar-refractivity contribution in [2.24, 2.45) is 0 Å². The predicted octanol–water partition coefficient (Wildman–Crippen LogP) is 3.49. The Morgan fingerprint density at radius 2 is 1.88 bits per heavy atom. The number of pyridine rings is 2. The fourth-order valence-electron chi connectivity index (χ4n) is 4.80. The molecule has 0 radical (unpaired) electrons. The number of halogens is 1. The summed E-state index contributed by atoms with van der Waals surface area (Å²) in [5.74, 6) is 0. The molecule has 2 aliphatic rings. The van der Waals surface area contributed by atoms with Crippen molar-refractivity contribution < 1.29 is 4.92 Å². The van der Waals surface area contributed by atoms with Gasteiger partial charge in [-0.25, -0.2) is 4.98 Å². The third-order valence-electron chi connectivity index (χ3n) is 6.50. The first-order valence-electron chi connectivity index (χ1n) is 10.9. The first kappa shape index (κ1) is 23.4. The second-order valence-corrected chi connectivity index (χ2v) is 8.31. The quantitative estimate of drug-likeness (QED) is 0.450. The van der Waals surface area contributed by atoms with Crippen LogP contribution in [0.15, 0.2) is 53.5 Å². The second kappa shape index (κ2) is 9.63. The number of nitro groups is 1. The summed E-state index contributed by atoms with van der Waals surface area (Å²) in [6, 6.07) is 13.1. The summed E-state index contributed by atoms with van der Waals surface area (Å²) in [6.45, 7) is 3.46. The van der Waals surface area contributed by atoms with Gasteiger partial charge in [0.2, 0.25) is 0 Å². The summed E-state index contributed by atoms with van der Waals surface area (Å²) in [4.78, 5) is 35.5. The average Bonchev–Trinajstić information content (AvgIpc) is 3.34. The lowest BCUT2D eigenvalue weighted by Gasteiger charge is -2.38. The van der Waals surface area contributed by atoms with Crippen LogP contribution in [0.3, 0.4) is 0 Å². The van der Waals surface area contributed by atoms with Crippen molar-refractivity contribution in [2.75, 3.05) is 31.1 Å². The zero-order valence-electron chi connectivity index (χ0n) is 18.3. The zero-order chi connectivity index (χ0) is 22.9. The molecule has 1 fully saturated rings. The van der Waals surface area contributed by atoms with Gasteiger partial charge in [-0.05, 0) is 54.8 Å². The molecule has 5 rings (SSSR count). The number of piperazine rings is 1. The minimum absolute atomic E-state index is 0. The molecule has 0 bridgehead atoms. The highest BCUT2D eigenvalue weighted by Crippen LogP contribution is 2.36. The maximum absolute atomic E-state index is 12.5. The molecule has 1 N–H and O–H groups in total. The highest BCUT2D eigenvalue weighted by atomic mass is 35.5. The lowest BCUT2D eigenvalue weighted by Crippen LogP contribution is -2.49. The topological polar surface area (TPSA) is 119 Å². The molecule has 1 aromatic carbocycles. The lowest BCUT2D eigenvalue weighted by molar-refractivity contribution is -0.383. The monoisotopic (exact) mass is 478 g/mol. The van der Waals surface area contributed by atoms with Gasteiger partial charge in [0.25, 0.3) is 5.56 Å². The third-order valence-corrected chi connectivity index (χ3v) is 6.50. The van der Waals surface area contributed by atoms with Crippen LogP contribution in [0.1, 0.15) is 24.1 Å². The summed E-state index contributed by atoms with van der Waals surface area (Å²) in [5, 5.41) is 21.1. The number of nitrogens with zero attached hydrogens (tertiary/aromatic N) is 5. The van der Waals surface area contributed by atoms with Crippen LogP contribution in [0.5, 0.6) is 0 Å². The van der Waals surface area contributed by atoms with Gasteiger partial charge in [-0.15, -0.1) is 12.4 Å². The van der Waals surface area contributed by atoms with Crippen LogP contribution >= 0.6 is 12.4 Å². The SMILES string of the molecule is Cl.N#Cc1ccc(N2CCN([C@H]3C=C(c4[nH]c(=O)c5cccnc5c4[N+](=O)[O-])CC3)CC2)cc1. The number of nitriles is 1. The van der Waals surface area contributed by atoms with E-state index in [1.54, 1.807) is 12.1 Å². The molecule has 9 nitrogen and oxygen atoms in total. The number of hydrogen-bond donors (Lipinski definition) is 1. The van der Waals surface area contributed by atoms with Crippen LogP contribution < -0.4 is 10.5 Å². The van der Waals surface area contributed by atoms with Crippen LogP contribution in [-0.2, 0) is 0 Å². The Morgan fingerprint density at radius 3 is 2.56 bits per heavy atom. The van der Waals surface area contributed by atoms with Gasteiger partial charge in [0.1, 0.15) is 5.69 Å². The number of fused-ring (bicyclic) bond motifs is 1. The smallest absolute Gasteiger partial charge is 0.319 e. The van der Waals surface area contributed by atoms with E-state index in [2.05, 4.69) is 31.9 Å². The Balaban J connectivity index is 0.00000274. The van der Waals surface area contributed by atoms with Gasteiger partial charge < -0.3 is 9.88 Å². The van der Waals surface area contributed by atoms with Gasteiger partial charge in [-0.3, -0.25) is 19.8 Å². The summed E-state index contributed by atoms with van der Waals surface area (Å²) in [5.41, 5.74) is 2.45. The largest absolute Gasteiger partial charge is 0.369 e. The van der Waals surface area contributed by atoms with Gasteiger partial charge in [0, 0.05) is 44.1 Å². The molecule has 1 saturated heterocycles. The lowest BCUT2D eigenvalue weighted by atomic mass is 10.1. The number of anilines is 1. The Morgan fingerprint density at radius 1 is 1.15 bits per heavy atom. The van der Waals surface area contributed by atoms with Gasteiger partial charge in [-0.2, -0.15) is 5.26 Å². The highest BCUT2D eigenvalue weighted by molar-refractivity contribution is 5.91. The van der Waals surface area contributed by atoms with E-state index >= 15 is 0 Å². The second-order valence-electron chi connectivity index (χ2n) is 8.31. The number of H-pyrrole nitrogens is 1. The maximum Gasteiger partial charge on any atom is 0.319 e. The van der Waals surface area contributed by atoms with Crippen molar-refractivity contribution in [1.29, 1.82) is 5.26 Å². The average molecular weight is 479 g/mol. The van der Waals surface area contributed by atoms with E-state index in [0.29, 0.717) is 12.0 Å². The molecule has 10 heteroatoms. The summed E-state index contributed by atoms with van der Waals surface area (Å²) in [6.07, 6.45) is 5.05. The third kappa shape index (κ3) is 4.25. The van der Waals surface area contributed by atoms with Crippen molar-refractivity contribution in [2.45, 2.75) is 18.9 Å². The van der Waals surface area contributed by atoms with Crippen molar-refractivity contribution in [1.82, 2.24) is 14.9 Å². The van der Waals surface area contributed by atoms with Gasteiger partial charge in [0.05, 0.1) is 21.9 Å². The molecule has 0 saturated carbocycles. The van der Waals surface area contributed by atoms with E-state index in [1.807, 2.05) is 24.3 Å². The molecule has 0 unspecified atom stereocenters. The number of rotatable bonds is 4. The summed E-state index contributed by atoms with van der Waals surface area (Å²) in [7, 11) is 0. The molecule has 0 spiro atoms. The van der Waals surface area contributed by atoms with Crippen molar-refractivity contribution in [3.05, 3.63) is 80.4 Å². The number of hydrogen-bond acceptors (Lipinski definition) is 7. The fraction of sp³-hybridized carbons (Fsp3) is 0.292.